The summed E-state index contributed by atoms with van der Waals surface area (Å²) in [6.45, 7) is 3.40. The summed E-state index contributed by atoms with van der Waals surface area (Å²) in [5.41, 5.74) is 2.49. The number of nitrogens with one attached hydrogen (secondary N) is 2. The van der Waals surface area contributed by atoms with Crippen molar-refractivity contribution in [2.75, 3.05) is 23.1 Å². The molecule has 0 amide bonds. The van der Waals surface area contributed by atoms with E-state index >= 15 is 0 Å². The van der Waals surface area contributed by atoms with Gasteiger partial charge in [0.05, 0.1) is 10.7 Å². The number of benzene rings is 2. The molecule has 0 saturated carbocycles. The topological polar surface area (TPSA) is 74.3 Å². The predicted molar refractivity (Wildman–Crippen MR) is 120 cm³/mol. The van der Waals surface area contributed by atoms with Gasteiger partial charge in [0.2, 0.25) is 5.95 Å². The molecule has 10 heteroatoms. The lowest BCUT2D eigenvalue weighted by Gasteiger charge is -2.31. The van der Waals surface area contributed by atoms with E-state index in [0.717, 1.165) is 43.4 Å². The number of likely N-dealkylation sites (tertiary alicyclic amines) is 1. The second kappa shape index (κ2) is 9.40. The molecule has 1 aliphatic heterocycles. The van der Waals surface area contributed by atoms with Crippen LogP contribution in [-0.4, -0.2) is 31.4 Å². The Kier molecular flexibility index (Phi) is 6.59. The van der Waals surface area contributed by atoms with E-state index in [9.17, 15) is 17.2 Å². The Labute approximate surface area is 190 Å². The molecule has 2 aromatic carbocycles. The molecule has 2 N–H and O–H groups in total. The van der Waals surface area contributed by atoms with Gasteiger partial charge in [0.1, 0.15) is 16.5 Å². The average Bonchev–Trinajstić information content (AvgIpc) is 2.71. The van der Waals surface area contributed by atoms with Crippen LogP contribution >= 0.6 is 11.6 Å². The third-order valence-electron chi connectivity index (χ3n) is 5.20. The van der Waals surface area contributed by atoms with Gasteiger partial charge in [0, 0.05) is 13.1 Å². The van der Waals surface area contributed by atoms with Gasteiger partial charge in [-0.2, -0.15) is 4.39 Å². The van der Waals surface area contributed by atoms with E-state index in [-0.39, 0.29) is 16.5 Å². The molecule has 0 bridgehead atoms. The van der Waals surface area contributed by atoms with E-state index in [2.05, 4.69) is 26.0 Å². The predicted octanol–water partition coefficient (Wildman–Crippen LogP) is 4.63. The molecule has 1 fully saturated rings. The van der Waals surface area contributed by atoms with Crippen molar-refractivity contribution in [3.8, 4) is 0 Å². The number of nitrogens with zero attached hydrogens (tertiary/aromatic N) is 2. The molecule has 0 unspecified atom stereocenters. The highest BCUT2D eigenvalue weighted by Gasteiger charge is 2.22. The largest absolute Gasteiger partial charge is 0.380 e. The van der Waals surface area contributed by atoms with Crippen molar-refractivity contribution in [2.45, 2.75) is 24.4 Å². The van der Waals surface area contributed by atoms with Crippen LogP contribution in [0.2, 0.25) is 5.02 Å². The molecule has 1 aromatic heterocycles. The molecule has 0 spiro atoms. The van der Waals surface area contributed by atoms with Gasteiger partial charge < -0.3 is 5.32 Å². The minimum absolute atomic E-state index is 0.0409. The molecular formula is C22H21ClF2N4O2S. The first-order valence-electron chi connectivity index (χ1n) is 9.99. The van der Waals surface area contributed by atoms with Crippen LogP contribution in [0.5, 0.6) is 0 Å². The molecule has 4 rings (SSSR count). The summed E-state index contributed by atoms with van der Waals surface area (Å²) in [5.74, 6) is -2.12. The number of hydrogen-bond donors (Lipinski definition) is 2. The van der Waals surface area contributed by atoms with Crippen molar-refractivity contribution in [3.63, 3.8) is 0 Å². The molecule has 0 radical (unpaired) electrons. The summed E-state index contributed by atoms with van der Waals surface area (Å²) in [6.07, 6.45) is 1.20. The molecule has 0 atom stereocenters. The van der Waals surface area contributed by atoms with Gasteiger partial charge >= 0.3 is 0 Å². The van der Waals surface area contributed by atoms with Gasteiger partial charge in [-0.25, -0.2) is 17.8 Å². The molecule has 0 aliphatic carbocycles. The highest BCUT2D eigenvalue weighted by atomic mass is 35.5. The van der Waals surface area contributed by atoms with Crippen LogP contribution in [0.25, 0.3) is 0 Å². The summed E-state index contributed by atoms with van der Waals surface area (Å²) < 4.78 is 55.1. The van der Waals surface area contributed by atoms with Crippen molar-refractivity contribution in [1.29, 1.82) is 0 Å². The third-order valence-corrected chi connectivity index (χ3v) is 6.88. The van der Waals surface area contributed by atoms with E-state index in [0.29, 0.717) is 6.54 Å². The second-order valence-corrected chi connectivity index (χ2v) is 9.52. The number of sulfonamides is 1. The molecule has 1 saturated heterocycles. The van der Waals surface area contributed by atoms with Gasteiger partial charge in [-0.3, -0.25) is 9.62 Å². The van der Waals surface area contributed by atoms with Crippen LogP contribution < -0.4 is 10.0 Å². The molecule has 1 aliphatic rings. The van der Waals surface area contributed by atoms with Crippen molar-refractivity contribution in [2.24, 2.45) is 0 Å². The van der Waals surface area contributed by atoms with Crippen LogP contribution in [0.3, 0.4) is 0 Å². The number of anilines is 2. The number of hydrogen-bond acceptors (Lipinski definition) is 5. The van der Waals surface area contributed by atoms with E-state index in [4.69, 9.17) is 11.6 Å². The smallest absolute Gasteiger partial charge is 0.266 e. The van der Waals surface area contributed by atoms with Crippen LogP contribution in [0, 0.1) is 11.8 Å². The number of aromatic nitrogens is 1. The first kappa shape index (κ1) is 22.4. The molecular weight excluding hydrogens is 458 g/mol. The van der Waals surface area contributed by atoms with Gasteiger partial charge in [0.25, 0.3) is 10.0 Å². The monoisotopic (exact) mass is 478 g/mol. The van der Waals surface area contributed by atoms with E-state index < -0.39 is 26.7 Å². The normalized spacial score (nSPS) is 14.1. The molecule has 6 nitrogen and oxygen atoms in total. The summed E-state index contributed by atoms with van der Waals surface area (Å²) in [5, 5.41) is 3.13. The molecule has 32 heavy (non-hydrogen) atoms. The lowest BCUT2D eigenvalue weighted by molar-refractivity contribution is 0.172. The van der Waals surface area contributed by atoms with Crippen LogP contribution in [0.4, 0.5) is 20.3 Å². The van der Waals surface area contributed by atoms with Crippen LogP contribution in [-0.2, 0) is 23.1 Å². The Morgan fingerprint density at radius 3 is 2.47 bits per heavy atom. The van der Waals surface area contributed by atoms with E-state index in [1.54, 1.807) is 0 Å². The van der Waals surface area contributed by atoms with Crippen LogP contribution in [0.15, 0.2) is 59.5 Å². The number of pyridine rings is 1. The summed E-state index contributed by atoms with van der Waals surface area (Å²) >= 11 is 6.25. The maximum absolute atomic E-state index is 14.7. The Hall–Kier alpha value is -2.75. The Morgan fingerprint density at radius 1 is 1.03 bits per heavy atom. The van der Waals surface area contributed by atoms with E-state index in [1.807, 2.05) is 18.2 Å². The Bertz CT molecular complexity index is 1240. The zero-order valence-electron chi connectivity index (χ0n) is 17.0. The summed E-state index contributed by atoms with van der Waals surface area (Å²) in [7, 11) is -4.36. The highest BCUT2D eigenvalue weighted by Crippen LogP contribution is 2.30. The fourth-order valence-corrected chi connectivity index (χ4v) is 4.77. The van der Waals surface area contributed by atoms with Crippen molar-refractivity contribution in [1.82, 2.24) is 9.88 Å². The summed E-state index contributed by atoms with van der Waals surface area (Å²) in [6, 6.07) is 13.6. The fourth-order valence-electron chi connectivity index (χ4n) is 3.38. The molecule has 168 valence electrons. The maximum Gasteiger partial charge on any atom is 0.266 e. The SMILES string of the molecule is O=S(=O)(Nc1cccc(F)n1)c1cc(Cl)c(NCc2ccccc2CN2CCC2)cc1F. The fraction of sp³-hybridized carbons (Fsp3) is 0.227. The molecule has 2 heterocycles. The van der Waals surface area contributed by atoms with Gasteiger partial charge in [-0.1, -0.05) is 41.9 Å². The van der Waals surface area contributed by atoms with Gasteiger partial charge in [-0.05, 0) is 54.9 Å². The Morgan fingerprint density at radius 2 is 1.78 bits per heavy atom. The zero-order chi connectivity index (χ0) is 22.7. The van der Waals surface area contributed by atoms with Gasteiger partial charge in [-0.15, -0.1) is 0 Å². The standard InChI is InChI=1S/C22H21ClF2N4O2S/c23-17-11-20(32(30,31)28-22-8-3-7-21(25)27-22)18(24)12-19(17)26-13-15-5-1-2-6-16(15)14-29-9-4-10-29/h1-3,5-8,11-12,26H,4,9-10,13-14H2,(H,27,28). The average molecular weight is 479 g/mol. The molecule has 3 aromatic rings. The van der Waals surface area contributed by atoms with E-state index in [1.165, 1.54) is 24.1 Å². The zero-order valence-corrected chi connectivity index (χ0v) is 18.6. The highest BCUT2D eigenvalue weighted by molar-refractivity contribution is 7.92. The van der Waals surface area contributed by atoms with Crippen molar-refractivity contribution < 1.29 is 17.2 Å². The number of rotatable bonds is 8. The maximum atomic E-state index is 14.7. The first-order chi connectivity index (χ1) is 15.3. The number of halogens is 3. The lowest BCUT2D eigenvalue weighted by atomic mass is 10.1. The first-order valence-corrected chi connectivity index (χ1v) is 11.9. The summed E-state index contributed by atoms with van der Waals surface area (Å²) in [4.78, 5) is 5.11. The second-order valence-electron chi connectivity index (χ2n) is 7.47. The van der Waals surface area contributed by atoms with Crippen molar-refractivity contribution in [3.05, 3.63) is 82.5 Å². The minimum Gasteiger partial charge on any atom is -0.380 e. The van der Waals surface area contributed by atoms with Crippen LogP contribution in [0.1, 0.15) is 17.5 Å². The Balaban J connectivity index is 1.51. The van der Waals surface area contributed by atoms with Crippen molar-refractivity contribution >= 4 is 33.1 Å². The quantitative estimate of drug-likeness (QED) is 0.462. The lowest BCUT2D eigenvalue weighted by Crippen LogP contribution is -2.36. The van der Waals surface area contributed by atoms with Gasteiger partial charge in [0.15, 0.2) is 0 Å². The minimum atomic E-state index is -4.36. The third kappa shape index (κ3) is 5.17.